The number of carbonyl (C=O) groups excluding carboxylic acids is 1. The summed E-state index contributed by atoms with van der Waals surface area (Å²) in [7, 11) is 0. The quantitative estimate of drug-likeness (QED) is 0.637. The van der Waals surface area contributed by atoms with Crippen LogP contribution in [0.25, 0.3) is 0 Å². The first-order valence-electron chi connectivity index (χ1n) is 5.75. The van der Waals surface area contributed by atoms with Crippen LogP contribution >= 0.6 is 0 Å². The fraction of sp³-hybridized carbons (Fsp3) is 0.545. The molecule has 1 fully saturated rings. The van der Waals surface area contributed by atoms with Crippen molar-refractivity contribution in [1.29, 1.82) is 0 Å². The highest BCUT2D eigenvalue weighted by Crippen LogP contribution is 2.37. The number of carbonyl (C=O) groups is 1. The molecule has 1 aromatic rings. The largest absolute Gasteiger partial charge is 0.368 e. The number of H-pyrrole nitrogens is 1. The first-order valence-corrected chi connectivity index (χ1v) is 5.75. The van der Waals surface area contributed by atoms with E-state index in [4.69, 9.17) is 0 Å². The number of aromatic nitrogens is 2. The summed E-state index contributed by atoms with van der Waals surface area (Å²) in [5, 5.41) is 5.68. The van der Waals surface area contributed by atoms with Crippen molar-refractivity contribution >= 4 is 11.7 Å². The van der Waals surface area contributed by atoms with Crippen molar-refractivity contribution in [3.8, 4) is 0 Å². The Hall–Kier alpha value is -1.85. The third-order valence-electron chi connectivity index (χ3n) is 2.53. The van der Waals surface area contributed by atoms with Crippen molar-refractivity contribution in [3.63, 3.8) is 0 Å². The van der Waals surface area contributed by atoms with Gasteiger partial charge in [0.1, 0.15) is 11.6 Å². The number of anilines is 1. The van der Waals surface area contributed by atoms with Gasteiger partial charge in [0, 0.05) is 32.0 Å². The van der Waals surface area contributed by atoms with Gasteiger partial charge in [-0.3, -0.25) is 9.59 Å². The van der Waals surface area contributed by atoms with Gasteiger partial charge in [-0.15, -0.1) is 0 Å². The van der Waals surface area contributed by atoms with Gasteiger partial charge in [0.25, 0.3) is 5.56 Å². The normalized spacial score (nSPS) is 14.4. The lowest BCUT2D eigenvalue weighted by atomic mass is 10.4. The second kappa shape index (κ2) is 4.99. The van der Waals surface area contributed by atoms with Crippen LogP contribution in [0.5, 0.6) is 0 Å². The third kappa shape index (κ3) is 3.58. The molecule has 1 aliphatic rings. The fourth-order valence-corrected chi connectivity index (χ4v) is 1.55. The van der Waals surface area contributed by atoms with Crippen LogP contribution in [0.15, 0.2) is 10.9 Å². The Morgan fingerprint density at radius 2 is 2.29 bits per heavy atom. The molecule has 1 aromatic heterocycles. The lowest BCUT2D eigenvalue weighted by Crippen LogP contribution is -2.27. The second-order valence-corrected chi connectivity index (χ2v) is 4.20. The Bertz CT molecular complexity index is 465. The summed E-state index contributed by atoms with van der Waals surface area (Å²) in [4.78, 5) is 29.1. The minimum absolute atomic E-state index is 0.0654. The number of nitrogens with zero attached hydrogens (tertiary/aromatic N) is 1. The molecule has 1 aliphatic carbocycles. The third-order valence-corrected chi connectivity index (χ3v) is 2.53. The molecule has 0 atom stereocenters. The van der Waals surface area contributed by atoms with E-state index in [0.717, 1.165) is 18.7 Å². The van der Waals surface area contributed by atoms with Crippen molar-refractivity contribution in [1.82, 2.24) is 15.3 Å². The minimum Gasteiger partial charge on any atom is -0.368 e. The molecule has 6 nitrogen and oxygen atoms in total. The molecule has 3 N–H and O–H groups in total. The molecule has 0 unspecified atom stereocenters. The standard InChI is InChI=1S/C11H16N4O2/c1-7(16)12-4-5-13-9-6-10(17)15-11(14-9)8-2-3-8/h6,8H,2-5H2,1H3,(H,12,16)(H2,13,14,15,17). The summed E-state index contributed by atoms with van der Waals surface area (Å²) in [6.45, 7) is 2.54. The molecule has 2 rings (SSSR count). The van der Waals surface area contributed by atoms with Gasteiger partial charge >= 0.3 is 0 Å². The van der Waals surface area contributed by atoms with E-state index in [2.05, 4.69) is 20.6 Å². The average Bonchev–Trinajstić information content (AvgIpc) is 3.07. The van der Waals surface area contributed by atoms with Gasteiger partial charge in [-0.1, -0.05) is 0 Å². The van der Waals surface area contributed by atoms with Crippen LogP contribution in [0, 0.1) is 0 Å². The van der Waals surface area contributed by atoms with Crippen LogP contribution in [0.3, 0.4) is 0 Å². The van der Waals surface area contributed by atoms with Crippen molar-refractivity contribution in [2.75, 3.05) is 18.4 Å². The van der Waals surface area contributed by atoms with E-state index in [-0.39, 0.29) is 11.5 Å². The summed E-state index contributed by atoms with van der Waals surface area (Å²) in [6.07, 6.45) is 2.19. The highest BCUT2D eigenvalue weighted by molar-refractivity contribution is 5.72. The van der Waals surface area contributed by atoms with Crippen LogP contribution in [-0.4, -0.2) is 29.0 Å². The first kappa shape index (κ1) is 11.6. The van der Waals surface area contributed by atoms with Crippen molar-refractivity contribution in [2.24, 2.45) is 0 Å². The summed E-state index contributed by atoms with van der Waals surface area (Å²) < 4.78 is 0. The van der Waals surface area contributed by atoms with Gasteiger partial charge < -0.3 is 15.6 Å². The smallest absolute Gasteiger partial charge is 0.252 e. The van der Waals surface area contributed by atoms with E-state index in [1.807, 2.05) is 0 Å². The highest BCUT2D eigenvalue weighted by atomic mass is 16.1. The zero-order valence-corrected chi connectivity index (χ0v) is 9.75. The number of amides is 1. The molecular weight excluding hydrogens is 220 g/mol. The Morgan fingerprint density at radius 3 is 2.94 bits per heavy atom. The zero-order valence-electron chi connectivity index (χ0n) is 9.75. The number of hydrogen-bond acceptors (Lipinski definition) is 4. The monoisotopic (exact) mass is 236 g/mol. The number of rotatable bonds is 5. The maximum Gasteiger partial charge on any atom is 0.252 e. The van der Waals surface area contributed by atoms with E-state index in [0.29, 0.717) is 24.8 Å². The molecule has 1 heterocycles. The van der Waals surface area contributed by atoms with E-state index >= 15 is 0 Å². The van der Waals surface area contributed by atoms with E-state index in [9.17, 15) is 9.59 Å². The maximum atomic E-state index is 11.4. The molecule has 0 saturated heterocycles. The molecular formula is C11H16N4O2. The molecule has 0 aliphatic heterocycles. The predicted molar refractivity (Wildman–Crippen MR) is 64.0 cm³/mol. The molecule has 92 valence electrons. The summed E-state index contributed by atoms with van der Waals surface area (Å²) in [5.74, 6) is 1.68. The van der Waals surface area contributed by atoms with Gasteiger partial charge in [-0.2, -0.15) is 0 Å². The van der Waals surface area contributed by atoms with E-state index in [1.54, 1.807) is 0 Å². The average molecular weight is 236 g/mol. The topological polar surface area (TPSA) is 86.9 Å². The van der Waals surface area contributed by atoms with E-state index in [1.165, 1.54) is 13.0 Å². The second-order valence-electron chi connectivity index (χ2n) is 4.20. The lowest BCUT2D eigenvalue weighted by molar-refractivity contribution is -0.118. The molecule has 6 heteroatoms. The molecule has 0 aromatic carbocycles. The van der Waals surface area contributed by atoms with Crippen molar-refractivity contribution < 1.29 is 4.79 Å². The van der Waals surface area contributed by atoms with Crippen molar-refractivity contribution in [3.05, 3.63) is 22.2 Å². The van der Waals surface area contributed by atoms with Gasteiger partial charge in [0.2, 0.25) is 5.91 Å². The SMILES string of the molecule is CC(=O)NCCNc1cc(=O)[nH]c(C2CC2)n1. The van der Waals surface area contributed by atoms with Crippen LogP contribution in [0.1, 0.15) is 31.5 Å². The van der Waals surface area contributed by atoms with Crippen LogP contribution in [0.2, 0.25) is 0 Å². The summed E-state index contributed by atoms with van der Waals surface area (Å²) in [5.41, 5.74) is -0.135. The Balaban J connectivity index is 1.91. The highest BCUT2D eigenvalue weighted by Gasteiger charge is 2.26. The van der Waals surface area contributed by atoms with Crippen LogP contribution in [0.4, 0.5) is 5.82 Å². The molecule has 1 saturated carbocycles. The fourth-order valence-electron chi connectivity index (χ4n) is 1.55. The lowest BCUT2D eigenvalue weighted by Gasteiger charge is -2.07. The Kier molecular flexibility index (Phi) is 3.41. The zero-order chi connectivity index (χ0) is 12.3. The van der Waals surface area contributed by atoms with Gasteiger partial charge in [0.05, 0.1) is 0 Å². The predicted octanol–water partition coefficient (Wildman–Crippen LogP) is 0.195. The Labute approximate surface area is 98.8 Å². The summed E-state index contributed by atoms with van der Waals surface area (Å²) >= 11 is 0. The summed E-state index contributed by atoms with van der Waals surface area (Å²) in [6, 6.07) is 1.43. The number of hydrogen-bond donors (Lipinski definition) is 3. The molecule has 0 radical (unpaired) electrons. The number of aromatic amines is 1. The van der Waals surface area contributed by atoms with Gasteiger partial charge in [0.15, 0.2) is 0 Å². The minimum atomic E-state index is -0.135. The van der Waals surface area contributed by atoms with Gasteiger partial charge in [-0.05, 0) is 12.8 Å². The first-order chi connectivity index (χ1) is 8.15. The van der Waals surface area contributed by atoms with Gasteiger partial charge in [-0.25, -0.2) is 4.98 Å². The molecule has 17 heavy (non-hydrogen) atoms. The molecule has 0 bridgehead atoms. The molecule has 1 amide bonds. The molecule has 0 spiro atoms. The Morgan fingerprint density at radius 1 is 1.53 bits per heavy atom. The number of nitrogens with one attached hydrogen (secondary N) is 3. The van der Waals surface area contributed by atoms with Crippen molar-refractivity contribution in [2.45, 2.75) is 25.7 Å². The van der Waals surface area contributed by atoms with Crippen LogP contribution < -0.4 is 16.2 Å². The maximum absolute atomic E-state index is 11.4. The van der Waals surface area contributed by atoms with E-state index < -0.39 is 0 Å². The van der Waals surface area contributed by atoms with Crippen LogP contribution in [-0.2, 0) is 4.79 Å².